The molecular formula is C15H11N3O. The van der Waals surface area contributed by atoms with E-state index in [4.69, 9.17) is 5.73 Å². The van der Waals surface area contributed by atoms with Gasteiger partial charge in [-0.3, -0.25) is 14.8 Å². The minimum Gasteiger partial charge on any atom is -0.366 e. The fraction of sp³-hybridized carbons (Fsp3) is 0. The maximum absolute atomic E-state index is 11.1. The van der Waals surface area contributed by atoms with E-state index in [1.807, 2.05) is 30.3 Å². The second-order valence-corrected chi connectivity index (χ2v) is 4.17. The number of pyridine rings is 2. The smallest absolute Gasteiger partial charge is 0.248 e. The van der Waals surface area contributed by atoms with Gasteiger partial charge in [-0.25, -0.2) is 0 Å². The molecule has 0 bridgehead atoms. The van der Waals surface area contributed by atoms with Gasteiger partial charge >= 0.3 is 0 Å². The lowest BCUT2D eigenvalue weighted by Crippen LogP contribution is -2.10. The second-order valence-electron chi connectivity index (χ2n) is 4.17. The van der Waals surface area contributed by atoms with Gasteiger partial charge in [0.25, 0.3) is 0 Å². The zero-order chi connectivity index (χ0) is 13.2. The molecule has 19 heavy (non-hydrogen) atoms. The van der Waals surface area contributed by atoms with E-state index in [0.717, 1.165) is 22.2 Å². The number of fused-ring (bicyclic) bond motifs is 1. The molecule has 2 aromatic heterocycles. The van der Waals surface area contributed by atoms with Crippen LogP contribution in [0, 0.1) is 0 Å². The van der Waals surface area contributed by atoms with E-state index in [-0.39, 0.29) is 0 Å². The molecule has 4 heteroatoms. The van der Waals surface area contributed by atoms with Crippen LogP contribution in [0.3, 0.4) is 0 Å². The Labute approximate surface area is 109 Å². The van der Waals surface area contributed by atoms with Crippen LogP contribution < -0.4 is 5.73 Å². The number of aromatic nitrogens is 2. The molecule has 0 aliphatic rings. The third kappa shape index (κ3) is 2.04. The molecule has 0 saturated carbocycles. The van der Waals surface area contributed by atoms with Crippen LogP contribution in [0.1, 0.15) is 10.4 Å². The van der Waals surface area contributed by atoms with Gasteiger partial charge in [-0.1, -0.05) is 12.1 Å². The highest BCUT2D eigenvalue weighted by Gasteiger charge is 2.06. The largest absolute Gasteiger partial charge is 0.366 e. The lowest BCUT2D eigenvalue weighted by atomic mass is 10.0. The summed E-state index contributed by atoms with van der Waals surface area (Å²) in [7, 11) is 0. The highest BCUT2D eigenvalue weighted by Crippen LogP contribution is 2.25. The van der Waals surface area contributed by atoms with E-state index < -0.39 is 5.91 Å². The maximum atomic E-state index is 11.1. The molecule has 0 spiro atoms. The summed E-state index contributed by atoms with van der Waals surface area (Å²) in [5, 5.41) is 0.983. The van der Waals surface area contributed by atoms with Crippen LogP contribution in [-0.2, 0) is 0 Å². The first-order valence-electron chi connectivity index (χ1n) is 5.86. The van der Waals surface area contributed by atoms with Crippen molar-refractivity contribution < 1.29 is 4.79 Å². The third-order valence-electron chi connectivity index (χ3n) is 2.97. The summed E-state index contributed by atoms with van der Waals surface area (Å²) in [6.07, 6.45) is 3.48. The van der Waals surface area contributed by atoms with Crippen molar-refractivity contribution in [2.24, 2.45) is 5.73 Å². The number of amides is 1. The van der Waals surface area contributed by atoms with Crippen molar-refractivity contribution in [3.8, 4) is 11.3 Å². The minimum atomic E-state index is -0.431. The summed E-state index contributed by atoms with van der Waals surface area (Å²) < 4.78 is 0. The van der Waals surface area contributed by atoms with Crippen LogP contribution in [-0.4, -0.2) is 15.9 Å². The molecule has 0 radical (unpaired) electrons. The van der Waals surface area contributed by atoms with Crippen molar-refractivity contribution in [2.45, 2.75) is 0 Å². The Morgan fingerprint density at radius 3 is 2.47 bits per heavy atom. The van der Waals surface area contributed by atoms with Gasteiger partial charge in [0.1, 0.15) is 0 Å². The zero-order valence-electron chi connectivity index (χ0n) is 10.1. The van der Waals surface area contributed by atoms with Crippen molar-refractivity contribution in [1.82, 2.24) is 9.97 Å². The van der Waals surface area contributed by atoms with Gasteiger partial charge in [0.2, 0.25) is 5.91 Å². The summed E-state index contributed by atoms with van der Waals surface area (Å²) in [5.41, 5.74) is 8.39. The van der Waals surface area contributed by atoms with Crippen molar-refractivity contribution in [2.75, 3.05) is 0 Å². The number of benzene rings is 1. The van der Waals surface area contributed by atoms with Gasteiger partial charge in [-0.2, -0.15) is 0 Å². The van der Waals surface area contributed by atoms with E-state index in [0.29, 0.717) is 5.56 Å². The van der Waals surface area contributed by atoms with Gasteiger partial charge in [-0.05, 0) is 30.3 Å². The third-order valence-corrected chi connectivity index (χ3v) is 2.97. The fourth-order valence-electron chi connectivity index (χ4n) is 2.02. The zero-order valence-corrected chi connectivity index (χ0v) is 10.1. The number of nitrogens with two attached hydrogens (primary N) is 1. The summed E-state index contributed by atoms with van der Waals surface area (Å²) in [4.78, 5) is 19.8. The van der Waals surface area contributed by atoms with Gasteiger partial charge in [0, 0.05) is 28.9 Å². The topological polar surface area (TPSA) is 68.9 Å². The van der Waals surface area contributed by atoms with Crippen molar-refractivity contribution >= 4 is 16.8 Å². The molecule has 0 atom stereocenters. The highest BCUT2D eigenvalue weighted by molar-refractivity contribution is 5.95. The summed E-state index contributed by atoms with van der Waals surface area (Å²) in [6, 6.07) is 12.8. The molecule has 2 heterocycles. The SMILES string of the molecule is NC(=O)c1ccc(-c2nccc3ncccc23)cc1. The molecule has 1 amide bonds. The number of carbonyl (C=O) groups excluding carboxylic acids is 1. The Hall–Kier alpha value is -2.75. The average molecular weight is 249 g/mol. The van der Waals surface area contributed by atoms with Gasteiger partial charge in [0.05, 0.1) is 11.2 Å². The molecule has 3 rings (SSSR count). The number of hydrogen-bond donors (Lipinski definition) is 1. The van der Waals surface area contributed by atoms with Gasteiger partial charge < -0.3 is 5.73 Å². The molecular weight excluding hydrogens is 238 g/mol. The minimum absolute atomic E-state index is 0.431. The molecule has 92 valence electrons. The van der Waals surface area contributed by atoms with Crippen LogP contribution in [0.5, 0.6) is 0 Å². The second kappa shape index (κ2) is 4.49. The Kier molecular flexibility index (Phi) is 2.68. The summed E-state index contributed by atoms with van der Waals surface area (Å²) >= 11 is 0. The predicted molar refractivity (Wildman–Crippen MR) is 73.5 cm³/mol. The number of hydrogen-bond acceptors (Lipinski definition) is 3. The predicted octanol–water partition coefficient (Wildman–Crippen LogP) is 2.40. The number of primary amides is 1. The van der Waals surface area contributed by atoms with E-state index in [1.165, 1.54) is 0 Å². The standard InChI is InChI=1S/C15H11N3O/c16-15(19)11-5-3-10(4-6-11)14-12-2-1-8-17-13(12)7-9-18-14/h1-9H,(H2,16,19). The summed E-state index contributed by atoms with van der Waals surface area (Å²) in [6.45, 7) is 0. The van der Waals surface area contributed by atoms with E-state index in [2.05, 4.69) is 9.97 Å². The molecule has 0 fully saturated rings. The first-order chi connectivity index (χ1) is 9.25. The lowest BCUT2D eigenvalue weighted by Gasteiger charge is -2.05. The molecule has 4 nitrogen and oxygen atoms in total. The highest BCUT2D eigenvalue weighted by atomic mass is 16.1. The van der Waals surface area contributed by atoms with Crippen LogP contribution in [0.4, 0.5) is 0 Å². The number of rotatable bonds is 2. The Morgan fingerprint density at radius 1 is 0.947 bits per heavy atom. The van der Waals surface area contributed by atoms with E-state index >= 15 is 0 Å². The first-order valence-corrected chi connectivity index (χ1v) is 5.86. The van der Waals surface area contributed by atoms with Crippen LogP contribution in [0.25, 0.3) is 22.2 Å². The lowest BCUT2D eigenvalue weighted by molar-refractivity contribution is 0.100. The molecule has 1 aromatic carbocycles. The fourth-order valence-corrected chi connectivity index (χ4v) is 2.02. The van der Waals surface area contributed by atoms with E-state index in [1.54, 1.807) is 24.5 Å². The maximum Gasteiger partial charge on any atom is 0.248 e. The van der Waals surface area contributed by atoms with Gasteiger partial charge in [-0.15, -0.1) is 0 Å². The van der Waals surface area contributed by atoms with E-state index in [9.17, 15) is 4.79 Å². The molecule has 2 N–H and O–H groups in total. The quantitative estimate of drug-likeness (QED) is 0.758. The molecule has 3 aromatic rings. The Balaban J connectivity index is 2.16. The van der Waals surface area contributed by atoms with Crippen LogP contribution in [0.15, 0.2) is 54.9 Å². The van der Waals surface area contributed by atoms with Crippen LogP contribution in [0.2, 0.25) is 0 Å². The Morgan fingerprint density at radius 2 is 1.74 bits per heavy atom. The molecule has 0 unspecified atom stereocenters. The normalized spacial score (nSPS) is 10.5. The van der Waals surface area contributed by atoms with Gasteiger partial charge in [0.15, 0.2) is 0 Å². The number of carbonyl (C=O) groups is 1. The molecule has 0 aliphatic heterocycles. The monoisotopic (exact) mass is 249 g/mol. The van der Waals surface area contributed by atoms with Crippen LogP contribution >= 0.6 is 0 Å². The van der Waals surface area contributed by atoms with Crippen molar-refractivity contribution in [1.29, 1.82) is 0 Å². The Bertz CT molecular complexity index is 745. The van der Waals surface area contributed by atoms with Crippen molar-refractivity contribution in [3.63, 3.8) is 0 Å². The number of nitrogens with zero attached hydrogens (tertiary/aromatic N) is 2. The molecule has 0 saturated heterocycles. The van der Waals surface area contributed by atoms with Crippen molar-refractivity contribution in [3.05, 3.63) is 60.4 Å². The summed E-state index contributed by atoms with van der Waals surface area (Å²) in [5.74, 6) is -0.431. The molecule has 0 aliphatic carbocycles. The average Bonchev–Trinajstić information content (AvgIpc) is 2.47. The first kappa shape index (κ1) is 11.3.